The molecule has 0 unspecified atom stereocenters. The molecule has 21 heavy (non-hydrogen) atoms. The Labute approximate surface area is 124 Å². The van der Waals surface area contributed by atoms with E-state index in [0.29, 0.717) is 12.1 Å². The summed E-state index contributed by atoms with van der Waals surface area (Å²) in [4.78, 5) is 24.3. The molecule has 0 spiro atoms. The van der Waals surface area contributed by atoms with Crippen LogP contribution >= 0.6 is 0 Å². The summed E-state index contributed by atoms with van der Waals surface area (Å²) < 4.78 is 0. The van der Waals surface area contributed by atoms with E-state index in [1.807, 2.05) is 0 Å². The molecule has 0 aliphatic carbocycles. The molecule has 1 amide bonds. The highest BCUT2D eigenvalue weighted by Gasteiger charge is 2.09. The van der Waals surface area contributed by atoms with Crippen molar-refractivity contribution in [1.29, 1.82) is 0 Å². The monoisotopic (exact) mass is 291 g/mol. The van der Waals surface area contributed by atoms with Gasteiger partial charge in [-0.05, 0) is 25.2 Å². The van der Waals surface area contributed by atoms with Gasteiger partial charge in [-0.25, -0.2) is 0 Å². The lowest BCUT2D eigenvalue weighted by Gasteiger charge is -2.17. The van der Waals surface area contributed by atoms with E-state index in [1.54, 1.807) is 18.2 Å². The molecule has 0 aliphatic rings. The van der Waals surface area contributed by atoms with Gasteiger partial charge in [-0.1, -0.05) is 26.0 Å². The van der Waals surface area contributed by atoms with Crippen molar-refractivity contribution in [2.45, 2.75) is 13.8 Å². The molecule has 0 radical (unpaired) electrons. The Morgan fingerprint density at radius 3 is 2.62 bits per heavy atom. The number of carbonyl (C=O) groups excluding carboxylic acids is 1. The first kappa shape index (κ1) is 16.8. The third-order valence-electron chi connectivity index (χ3n) is 3.17. The Balaban J connectivity index is 2.53. The number of nitro groups is 1. The number of nitrogens with zero attached hydrogens (tertiary/aromatic N) is 2. The average Bonchev–Trinajstić information content (AvgIpc) is 2.49. The summed E-state index contributed by atoms with van der Waals surface area (Å²) in [5, 5.41) is 13.6. The van der Waals surface area contributed by atoms with Crippen LogP contribution in [0.4, 0.5) is 5.69 Å². The minimum atomic E-state index is -0.460. The van der Waals surface area contributed by atoms with Gasteiger partial charge in [-0.15, -0.1) is 0 Å². The fourth-order valence-corrected chi connectivity index (χ4v) is 1.90. The first-order valence-corrected chi connectivity index (χ1v) is 7.00. The molecule has 6 heteroatoms. The summed E-state index contributed by atoms with van der Waals surface area (Å²) in [6, 6.07) is 6.32. The second kappa shape index (κ2) is 8.86. The van der Waals surface area contributed by atoms with Gasteiger partial charge in [-0.2, -0.15) is 0 Å². The predicted octanol–water partition coefficient (Wildman–Crippen LogP) is 2.07. The molecule has 0 saturated carbocycles. The third kappa shape index (κ3) is 5.74. The molecule has 0 heterocycles. The van der Waals surface area contributed by atoms with Crippen LogP contribution in [0, 0.1) is 10.1 Å². The second-order valence-corrected chi connectivity index (χ2v) is 4.47. The fraction of sp³-hybridized carbons (Fsp3) is 0.400. The van der Waals surface area contributed by atoms with Crippen molar-refractivity contribution in [1.82, 2.24) is 10.2 Å². The average molecular weight is 291 g/mol. The number of likely N-dealkylation sites (N-methyl/N-ethyl adjacent to an activating group) is 1. The summed E-state index contributed by atoms with van der Waals surface area (Å²) in [5.41, 5.74) is 0.408. The molecule has 0 saturated heterocycles. The van der Waals surface area contributed by atoms with Crippen molar-refractivity contribution in [3.05, 3.63) is 46.0 Å². The van der Waals surface area contributed by atoms with Crippen molar-refractivity contribution in [2.75, 3.05) is 26.2 Å². The van der Waals surface area contributed by atoms with Crippen LogP contribution < -0.4 is 5.32 Å². The summed E-state index contributed by atoms with van der Waals surface area (Å²) in [5.74, 6) is -0.250. The van der Waals surface area contributed by atoms with Crippen LogP contribution in [0.5, 0.6) is 0 Å². The second-order valence-electron chi connectivity index (χ2n) is 4.47. The number of para-hydroxylation sites is 1. The Kier molecular flexibility index (Phi) is 7.11. The van der Waals surface area contributed by atoms with Gasteiger partial charge in [0.05, 0.1) is 10.5 Å². The third-order valence-corrected chi connectivity index (χ3v) is 3.17. The number of hydrogen-bond acceptors (Lipinski definition) is 4. The molecule has 1 aromatic carbocycles. The van der Waals surface area contributed by atoms with E-state index in [9.17, 15) is 14.9 Å². The molecule has 1 N–H and O–H groups in total. The molecule has 0 bridgehead atoms. The maximum Gasteiger partial charge on any atom is 0.276 e. The Morgan fingerprint density at radius 2 is 2.00 bits per heavy atom. The van der Waals surface area contributed by atoms with Crippen LogP contribution in [-0.4, -0.2) is 41.9 Å². The summed E-state index contributed by atoms with van der Waals surface area (Å²) in [6.45, 7) is 7.37. The van der Waals surface area contributed by atoms with Gasteiger partial charge in [0, 0.05) is 25.2 Å². The molecule has 6 nitrogen and oxygen atoms in total. The van der Waals surface area contributed by atoms with Gasteiger partial charge in [0.25, 0.3) is 5.69 Å². The Bertz CT molecular complexity index is 511. The van der Waals surface area contributed by atoms with E-state index < -0.39 is 4.92 Å². The summed E-state index contributed by atoms with van der Waals surface area (Å²) in [6.07, 6.45) is 2.79. The van der Waals surface area contributed by atoms with Crippen LogP contribution in [0.1, 0.15) is 19.4 Å². The minimum absolute atomic E-state index is 0.00955. The number of amides is 1. The Hall–Kier alpha value is -2.21. The molecule has 0 aromatic heterocycles. The topological polar surface area (TPSA) is 75.5 Å². The lowest BCUT2D eigenvalue weighted by atomic mass is 10.1. The SMILES string of the molecule is CCN(CC)CCNC(=O)/C=C/c1ccccc1[N+](=O)[O-]. The van der Waals surface area contributed by atoms with E-state index >= 15 is 0 Å². The Morgan fingerprint density at radius 1 is 1.33 bits per heavy atom. The first-order valence-electron chi connectivity index (χ1n) is 7.00. The number of hydrogen-bond donors (Lipinski definition) is 1. The molecular formula is C15H21N3O3. The van der Waals surface area contributed by atoms with Crippen LogP contribution in [0.25, 0.3) is 6.08 Å². The maximum absolute atomic E-state index is 11.7. The van der Waals surface area contributed by atoms with Gasteiger partial charge in [-0.3, -0.25) is 14.9 Å². The zero-order valence-corrected chi connectivity index (χ0v) is 12.4. The maximum atomic E-state index is 11.7. The van der Waals surface area contributed by atoms with Gasteiger partial charge < -0.3 is 10.2 Å². The number of benzene rings is 1. The lowest BCUT2D eigenvalue weighted by Crippen LogP contribution is -2.34. The lowest BCUT2D eigenvalue weighted by molar-refractivity contribution is -0.385. The zero-order chi connectivity index (χ0) is 15.7. The van der Waals surface area contributed by atoms with Gasteiger partial charge in [0.1, 0.15) is 0 Å². The number of carbonyl (C=O) groups is 1. The van der Waals surface area contributed by atoms with Crippen molar-refractivity contribution >= 4 is 17.7 Å². The van der Waals surface area contributed by atoms with Crippen LogP contribution in [-0.2, 0) is 4.79 Å². The largest absolute Gasteiger partial charge is 0.351 e. The minimum Gasteiger partial charge on any atom is -0.351 e. The van der Waals surface area contributed by atoms with Crippen LogP contribution in [0.15, 0.2) is 30.3 Å². The van der Waals surface area contributed by atoms with Crippen molar-refractivity contribution in [3.8, 4) is 0 Å². The zero-order valence-electron chi connectivity index (χ0n) is 12.4. The first-order chi connectivity index (χ1) is 10.1. The van der Waals surface area contributed by atoms with Gasteiger partial charge >= 0.3 is 0 Å². The predicted molar refractivity (Wildman–Crippen MR) is 82.9 cm³/mol. The summed E-state index contributed by atoms with van der Waals surface area (Å²) in [7, 11) is 0. The number of rotatable bonds is 8. The molecule has 0 atom stereocenters. The van der Waals surface area contributed by atoms with Crippen molar-refractivity contribution in [2.24, 2.45) is 0 Å². The number of nitro benzene ring substituents is 1. The van der Waals surface area contributed by atoms with Crippen molar-refractivity contribution in [3.63, 3.8) is 0 Å². The van der Waals surface area contributed by atoms with E-state index in [-0.39, 0.29) is 11.6 Å². The highest BCUT2D eigenvalue weighted by Crippen LogP contribution is 2.18. The highest BCUT2D eigenvalue weighted by atomic mass is 16.6. The molecule has 1 aromatic rings. The molecule has 1 rings (SSSR count). The summed E-state index contributed by atoms with van der Waals surface area (Å²) >= 11 is 0. The van der Waals surface area contributed by atoms with E-state index in [0.717, 1.165) is 19.6 Å². The molecular weight excluding hydrogens is 270 g/mol. The highest BCUT2D eigenvalue weighted by molar-refractivity contribution is 5.92. The molecule has 0 fully saturated rings. The quantitative estimate of drug-likeness (QED) is 0.452. The van der Waals surface area contributed by atoms with Crippen LogP contribution in [0.3, 0.4) is 0 Å². The van der Waals surface area contributed by atoms with Crippen molar-refractivity contribution < 1.29 is 9.72 Å². The molecule has 0 aliphatic heterocycles. The van der Waals surface area contributed by atoms with Crippen LogP contribution in [0.2, 0.25) is 0 Å². The van der Waals surface area contributed by atoms with E-state index in [4.69, 9.17) is 0 Å². The van der Waals surface area contributed by atoms with E-state index in [2.05, 4.69) is 24.1 Å². The number of nitrogens with one attached hydrogen (secondary N) is 1. The van der Waals surface area contributed by atoms with Gasteiger partial charge in [0.2, 0.25) is 5.91 Å². The fourth-order valence-electron chi connectivity index (χ4n) is 1.90. The van der Waals surface area contributed by atoms with Gasteiger partial charge in [0.15, 0.2) is 0 Å². The standard InChI is InChI=1S/C15H21N3O3/c1-3-17(4-2)12-11-16-15(19)10-9-13-7-5-6-8-14(13)18(20)21/h5-10H,3-4,11-12H2,1-2H3,(H,16,19)/b10-9+. The van der Waals surface area contributed by atoms with E-state index in [1.165, 1.54) is 18.2 Å². The molecule has 114 valence electrons. The smallest absolute Gasteiger partial charge is 0.276 e. The normalized spacial score (nSPS) is 11.0.